The van der Waals surface area contributed by atoms with Crippen molar-refractivity contribution in [2.45, 2.75) is 32.2 Å². The molecule has 1 aromatic heterocycles. The number of allylic oxidation sites excluding steroid dienone is 1. The van der Waals surface area contributed by atoms with E-state index in [0.717, 1.165) is 41.7 Å². The van der Waals surface area contributed by atoms with Gasteiger partial charge in [-0.05, 0) is 78.8 Å². The highest BCUT2D eigenvalue weighted by Crippen LogP contribution is 2.46. The molecular weight excluding hydrogens is 454 g/mol. The highest BCUT2D eigenvalue weighted by Gasteiger charge is 2.38. The Morgan fingerprint density at radius 2 is 1.79 bits per heavy atom. The van der Waals surface area contributed by atoms with Crippen molar-refractivity contribution >= 4 is 28.5 Å². The van der Waals surface area contributed by atoms with Crippen LogP contribution in [0.2, 0.25) is 0 Å². The van der Waals surface area contributed by atoms with Gasteiger partial charge in [-0.3, -0.25) is 10.2 Å². The maximum absolute atomic E-state index is 13.7. The standard InChI is InChI=1S/C26H24F2N4OS/c1-15-24(25(33)29-2)34-26(30-15)32-23(17-8-12-20(28)13-9-17)21-5-3-4-18(22(21)31-32)14-16-6-10-19(27)11-7-16/h6-14,23,31H,3-5H2,1-2H3,(H,29,33)/b18-14+/t23-/m0/s1. The van der Waals surface area contributed by atoms with Gasteiger partial charge in [-0.25, -0.2) is 18.8 Å². The first kappa shape index (κ1) is 22.3. The van der Waals surface area contributed by atoms with E-state index in [4.69, 9.17) is 4.98 Å². The zero-order valence-corrected chi connectivity index (χ0v) is 19.7. The molecule has 5 nitrogen and oxygen atoms in total. The van der Waals surface area contributed by atoms with Crippen molar-refractivity contribution in [2.24, 2.45) is 0 Å². The van der Waals surface area contributed by atoms with Gasteiger partial charge in [0.2, 0.25) is 5.13 Å². The summed E-state index contributed by atoms with van der Waals surface area (Å²) in [5.74, 6) is -0.727. The van der Waals surface area contributed by atoms with Gasteiger partial charge in [-0.2, -0.15) is 0 Å². The van der Waals surface area contributed by atoms with E-state index < -0.39 is 0 Å². The molecule has 0 unspecified atom stereocenters. The quantitative estimate of drug-likeness (QED) is 0.507. The van der Waals surface area contributed by atoms with Crippen LogP contribution in [0.5, 0.6) is 0 Å². The predicted molar refractivity (Wildman–Crippen MR) is 130 cm³/mol. The fraction of sp³-hybridized carbons (Fsp3) is 0.231. The number of nitrogens with one attached hydrogen (secondary N) is 2. The summed E-state index contributed by atoms with van der Waals surface area (Å²) in [6, 6.07) is 12.8. The monoisotopic (exact) mass is 478 g/mol. The van der Waals surface area contributed by atoms with Crippen LogP contribution in [-0.4, -0.2) is 17.9 Å². The van der Waals surface area contributed by atoms with Gasteiger partial charge in [0.05, 0.1) is 11.4 Å². The number of carbonyl (C=O) groups is 1. The Kier molecular flexibility index (Phi) is 5.91. The molecule has 0 saturated carbocycles. The largest absolute Gasteiger partial charge is 0.354 e. The van der Waals surface area contributed by atoms with Gasteiger partial charge in [0.15, 0.2) is 0 Å². The van der Waals surface area contributed by atoms with Crippen LogP contribution in [0.3, 0.4) is 0 Å². The molecule has 34 heavy (non-hydrogen) atoms. The molecule has 0 spiro atoms. The van der Waals surface area contributed by atoms with Crippen LogP contribution in [0, 0.1) is 18.6 Å². The Balaban J connectivity index is 1.59. The minimum Gasteiger partial charge on any atom is -0.354 e. The number of aryl methyl sites for hydroxylation is 1. The van der Waals surface area contributed by atoms with E-state index in [2.05, 4.69) is 16.8 Å². The Hall–Kier alpha value is -3.52. The predicted octanol–water partition coefficient (Wildman–Crippen LogP) is 5.68. The van der Waals surface area contributed by atoms with E-state index in [1.54, 1.807) is 31.3 Å². The molecule has 0 fully saturated rings. The van der Waals surface area contributed by atoms with Crippen molar-refractivity contribution in [3.05, 3.63) is 98.7 Å². The van der Waals surface area contributed by atoms with Crippen molar-refractivity contribution < 1.29 is 13.6 Å². The third-order valence-electron chi connectivity index (χ3n) is 6.18. The van der Waals surface area contributed by atoms with E-state index in [1.165, 1.54) is 41.2 Å². The molecule has 2 heterocycles. The van der Waals surface area contributed by atoms with Crippen LogP contribution in [0.15, 0.2) is 65.4 Å². The molecule has 2 aliphatic rings. The smallest absolute Gasteiger partial charge is 0.263 e. The number of hydrogen-bond donors (Lipinski definition) is 2. The van der Waals surface area contributed by atoms with Crippen LogP contribution in [0.4, 0.5) is 13.9 Å². The molecule has 1 aliphatic heterocycles. The van der Waals surface area contributed by atoms with Gasteiger partial charge < -0.3 is 5.32 Å². The summed E-state index contributed by atoms with van der Waals surface area (Å²) in [6.07, 6.45) is 4.82. The molecule has 3 aromatic rings. The first-order valence-corrected chi connectivity index (χ1v) is 12.0. The number of anilines is 1. The number of hydrazine groups is 1. The lowest BCUT2D eigenvalue weighted by Crippen LogP contribution is -2.34. The SMILES string of the molecule is CNC(=O)c1sc(N2NC3=C(CCC/C3=C\c3ccc(F)cc3)[C@@H]2c2ccc(F)cc2)nc1C. The molecule has 1 amide bonds. The summed E-state index contributed by atoms with van der Waals surface area (Å²) in [6.45, 7) is 1.82. The number of rotatable bonds is 4. The highest BCUT2D eigenvalue weighted by atomic mass is 32.1. The molecule has 174 valence electrons. The Morgan fingerprint density at radius 1 is 1.12 bits per heavy atom. The van der Waals surface area contributed by atoms with Crippen molar-refractivity contribution in [1.82, 2.24) is 15.7 Å². The molecule has 0 saturated heterocycles. The summed E-state index contributed by atoms with van der Waals surface area (Å²) in [5, 5.41) is 5.31. The molecule has 5 rings (SSSR count). The molecule has 0 bridgehead atoms. The van der Waals surface area contributed by atoms with Gasteiger partial charge in [0, 0.05) is 7.05 Å². The topological polar surface area (TPSA) is 57.3 Å². The fourth-order valence-electron chi connectivity index (χ4n) is 4.55. The van der Waals surface area contributed by atoms with E-state index in [-0.39, 0.29) is 23.6 Å². The normalized spacial score (nSPS) is 18.8. The Bertz CT molecular complexity index is 1300. The van der Waals surface area contributed by atoms with Gasteiger partial charge in [-0.15, -0.1) is 0 Å². The molecule has 2 N–H and O–H groups in total. The molecule has 0 radical (unpaired) electrons. The second kappa shape index (κ2) is 9.02. The summed E-state index contributed by atoms with van der Waals surface area (Å²) < 4.78 is 27.1. The lowest BCUT2D eigenvalue weighted by molar-refractivity contribution is 0.0966. The number of thiazole rings is 1. The summed E-state index contributed by atoms with van der Waals surface area (Å²) in [7, 11) is 1.60. The second-order valence-electron chi connectivity index (χ2n) is 8.40. The van der Waals surface area contributed by atoms with E-state index in [0.29, 0.717) is 15.7 Å². The average Bonchev–Trinajstić information content (AvgIpc) is 3.42. The molecule has 2 aromatic carbocycles. The second-order valence-corrected chi connectivity index (χ2v) is 9.38. The minimum atomic E-state index is -0.289. The lowest BCUT2D eigenvalue weighted by Gasteiger charge is -2.26. The van der Waals surface area contributed by atoms with Crippen molar-refractivity contribution in [3.63, 3.8) is 0 Å². The minimum absolute atomic E-state index is 0.173. The number of carbonyl (C=O) groups excluding carboxylic acids is 1. The first-order valence-electron chi connectivity index (χ1n) is 11.1. The van der Waals surface area contributed by atoms with Crippen LogP contribution in [-0.2, 0) is 0 Å². The third kappa shape index (κ3) is 4.09. The summed E-state index contributed by atoms with van der Waals surface area (Å²) >= 11 is 1.32. The third-order valence-corrected chi connectivity index (χ3v) is 7.33. The van der Waals surface area contributed by atoms with Crippen molar-refractivity contribution in [3.8, 4) is 0 Å². The first-order chi connectivity index (χ1) is 16.4. The van der Waals surface area contributed by atoms with Crippen LogP contribution >= 0.6 is 11.3 Å². The maximum atomic E-state index is 13.7. The zero-order chi connectivity index (χ0) is 23.8. The van der Waals surface area contributed by atoms with E-state index in [1.807, 2.05) is 11.9 Å². The number of hydrogen-bond acceptors (Lipinski definition) is 5. The van der Waals surface area contributed by atoms with Gasteiger partial charge in [-0.1, -0.05) is 35.6 Å². The highest BCUT2D eigenvalue weighted by molar-refractivity contribution is 7.17. The Morgan fingerprint density at radius 3 is 2.47 bits per heavy atom. The van der Waals surface area contributed by atoms with Gasteiger partial charge in [0.25, 0.3) is 5.91 Å². The number of aromatic nitrogens is 1. The summed E-state index contributed by atoms with van der Waals surface area (Å²) in [4.78, 5) is 17.6. The number of amides is 1. The fourth-order valence-corrected chi connectivity index (χ4v) is 5.55. The van der Waals surface area contributed by atoms with Crippen LogP contribution in [0.1, 0.15) is 51.8 Å². The van der Waals surface area contributed by atoms with Crippen molar-refractivity contribution in [2.75, 3.05) is 12.1 Å². The van der Waals surface area contributed by atoms with Gasteiger partial charge >= 0.3 is 0 Å². The van der Waals surface area contributed by atoms with E-state index in [9.17, 15) is 13.6 Å². The van der Waals surface area contributed by atoms with E-state index >= 15 is 0 Å². The maximum Gasteiger partial charge on any atom is 0.263 e. The molecule has 8 heteroatoms. The van der Waals surface area contributed by atoms with Crippen molar-refractivity contribution in [1.29, 1.82) is 0 Å². The average molecular weight is 479 g/mol. The Labute approximate surface area is 200 Å². The molecule has 1 atom stereocenters. The lowest BCUT2D eigenvalue weighted by atomic mass is 9.86. The number of halogens is 2. The zero-order valence-electron chi connectivity index (χ0n) is 18.9. The van der Waals surface area contributed by atoms with Gasteiger partial charge in [0.1, 0.15) is 22.6 Å². The number of nitrogens with zero attached hydrogens (tertiary/aromatic N) is 2. The molecular formula is C26H24F2N4OS. The molecule has 1 aliphatic carbocycles. The number of benzene rings is 2. The van der Waals surface area contributed by atoms with Crippen LogP contribution in [0.25, 0.3) is 6.08 Å². The van der Waals surface area contributed by atoms with Crippen LogP contribution < -0.4 is 15.8 Å². The summed E-state index contributed by atoms with van der Waals surface area (Å²) in [5.41, 5.74) is 9.41.